The molecule has 6 rings (SSSR count). The molecule has 33 heavy (non-hydrogen) atoms. The zero-order valence-electron chi connectivity index (χ0n) is 17.5. The topological polar surface area (TPSA) is 91.9 Å². The van der Waals surface area contributed by atoms with Crippen molar-refractivity contribution in [3.05, 3.63) is 83.6 Å². The number of hydrogen-bond acceptors (Lipinski definition) is 5. The van der Waals surface area contributed by atoms with Crippen LogP contribution in [0.25, 0.3) is 16.8 Å². The maximum Gasteiger partial charge on any atom is 0.181 e. The van der Waals surface area contributed by atoms with Crippen LogP contribution >= 0.6 is 0 Å². The van der Waals surface area contributed by atoms with E-state index in [9.17, 15) is 18.6 Å². The number of fused-ring (bicyclic) bond motifs is 3. The Morgan fingerprint density at radius 1 is 1.06 bits per heavy atom. The van der Waals surface area contributed by atoms with Gasteiger partial charge in [0, 0.05) is 29.3 Å². The van der Waals surface area contributed by atoms with Gasteiger partial charge in [0.15, 0.2) is 9.84 Å². The second-order valence-corrected chi connectivity index (χ2v) is 11.0. The molecule has 6 nitrogen and oxygen atoms in total. The van der Waals surface area contributed by atoms with Crippen molar-refractivity contribution in [1.29, 1.82) is 0 Å². The van der Waals surface area contributed by atoms with Gasteiger partial charge in [0.25, 0.3) is 0 Å². The molecule has 2 N–H and O–H groups in total. The summed E-state index contributed by atoms with van der Waals surface area (Å²) in [6, 6.07) is 14.6. The Morgan fingerprint density at radius 3 is 2.48 bits per heavy atom. The van der Waals surface area contributed by atoms with E-state index in [0.29, 0.717) is 53.0 Å². The lowest BCUT2D eigenvalue weighted by Gasteiger charge is -2.15. The van der Waals surface area contributed by atoms with Gasteiger partial charge < -0.3 is 14.6 Å². The molecule has 168 valence electrons. The standard InChI is InChI=1S/C25H21FN2O4S/c26-20-12-23-27-24-22(30)11-18(17-3-1-2-4-21(17)29)25(24)28(23)13-19(20)14-5-7-15(8-6-14)33(31,32)16-9-10-16/h1-8,12-13,16,18,22,29-30H,9-11H2/t18-,22-/m1/s1. The summed E-state index contributed by atoms with van der Waals surface area (Å²) in [5, 5.41) is 20.7. The zero-order chi connectivity index (χ0) is 22.9. The van der Waals surface area contributed by atoms with Gasteiger partial charge in [-0.1, -0.05) is 30.3 Å². The lowest BCUT2D eigenvalue weighted by atomic mass is 9.95. The van der Waals surface area contributed by atoms with E-state index in [-0.39, 0.29) is 21.8 Å². The van der Waals surface area contributed by atoms with Crippen molar-refractivity contribution in [2.45, 2.75) is 41.4 Å². The van der Waals surface area contributed by atoms with Crippen LogP contribution in [0.2, 0.25) is 0 Å². The van der Waals surface area contributed by atoms with Crippen LogP contribution in [-0.4, -0.2) is 33.3 Å². The number of rotatable bonds is 4. The van der Waals surface area contributed by atoms with Crippen LogP contribution in [0.1, 0.15) is 48.2 Å². The van der Waals surface area contributed by atoms with E-state index in [1.54, 1.807) is 34.9 Å². The molecule has 0 unspecified atom stereocenters. The molecule has 2 heterocycles. The molecule has 2 atom stereocenters. The van der Waals surface area contributed by atoms with Crippen molar-refractivity contribution in [3.8, 4) is 16.9 Å². The number of phenolic OH excluding ortho intramolecular Hbond substituents is 1. The molecule has 2 aliphatic carbocycles. The molecule has 2 aromatic carbocycles. The highest BCUT2D eigenvalue weighted by Crippen LogP contribution is 2.46. The molecule has 4 aromatic rings. The van der Waals surface area contributed by atoms with Gasteiger partial charge in [0.05, 0.1) is 27.6 Å². The van der Waals surface area contributed by atoms with Gasteiger partial charge in [-0.3, -0.25) is 0 Å². The minimum Gasteiger partial charge on any atom is -0.508 e. The summed E-state index contributed by atoms with van der Waals surface area (Å²) in [7, 11) is -3.32. The molecule has 0 saturated heterocycles. The molecule has 0 bridgehead atoms. The van der Waals surface area contributed by atoms with Gasteiger partial charge >= 0.3 is 0 Å². The van der Waals surface area contributed by atoms with Crippen molar-refractivity contribution in [3.63, 3.8) is 0 Å². The molecule has 0 spiro atoms. The summed E-state index contributed by atoms with van der Waals surface area (Å²) < 4.78 is 41.8. The SMILES string of the molecule is O=S(=O)(c1ccc(-c2cn3c4c(nc3cc2F)[C@H](O)C[C@@H]4c2ccccc2O)cc1)C1CC1. The second kappa shape index (κ2) is 7.13. The number of sulfone groups is 1. The van der Waals surface area contributed by atoms with E-state index in [1.807, 2.05) is 12.1 Å². The summed E-state index contributed by atoms with van der Waals surface area (Å²) in [5.41, 5.74) is 3.09. The molecular formula is C25H21FN2O4S. The molecule has 8 heteroatoms. The number of aliphatic hydroxyl groups excluding tert-OH is 1. The maximum atomic E-state index is 15.0. The fraction of sp³-hybridized carbons (Fsp3) is 0.240. The van der Waals surface area contributed by atoms with E-state index in [1.165, 1.54) is 18.2 Å². The van der Waals surface area contributed by atoms with Gasteiger partial charge in [0.2, 0.25) is 0 Å². The summed E-state index contributed by atoms with van der Waals surface area (Å²) in [5.74, 6) is -0.652. The molecule has 0 radical (unpaired) electrons. The van der Waals surface area contributed by atoms with Crippen LogP contribution in [0.3, 0.4) is 0 Å². The number of halogens is 1. The fourth-order valence-electron chi connectivity index (χ4n) is 4.80. The van der Waals surface area contributed by atoms with E-state index in [2.05, 4.69) is 4.98 Å². The van der Waals surface area contributed by atoms with Crippen molar-refractivity contribution in [1.82, 2.24) is 9.38 Å². The Hall–Kier alpha value is -3.23. The molecule has 0 amide bonds. The van der Waals surface area contributed by atoms with Gasteiger partial charge in [-0.25, -0.2) is 17.8 Å². The first-order chi connectivity index (χ1) is 15.8. The van der Waals surface area contributed by atoms with E-state index < -0.39 is 21.8 Å². The normalized spacial score (nSPS) is 20.3. The summed E-state index contributed by atoms with van der Waals surface area (Å²) in [4.78, 5) is 4.71. The van der Waals surface area contributed by atoms with Crippen LogP contribution in [0.4, 0.5) is 4.39 Å². The highest BCUT2D eigenvalue weighted by atomic mass is 32.2. The maximum absolute atomic E-state index is 15.0. The first-order valence-electron chi connectivity index (χ1n) is 10.9. The fourth-order valence-corrected chi connectivity index (χ4v) is 6.46. The summed E-state index contributed by atoms with van der Waals surface area (Å²) in [6.07, 6.45) is 2.56. The third-order valence-electron chi connectivity index (χ3n) is 6.65. The minimum absolute atomic E-state index is 0.132. The Kier molecular flexibility index (Phi) is 4.41. The third kappa shape index (κ3) is 3.16. The number of phenols is 1. The summed E-state index contributed by atoms with van der Waals surface area (Å²) in [6.45, 7) is 0. The van der Waals surface area contributed by atoms with Crippen LogP contribution in [0.15, 0.2) is 65.7 Å². The van der Waals surface area contributed by atoms with Crippen LogP contribution in [0, 0.1) is 5.82 Å². The average Bonchev–Trinajstić information content (AvgIpc) is 3.54. The summed E-state index contributed by atoms with van der Waals surface area (Å²) >= 11 is 0. The van der Waals surface area contributed by atoms with E-state index in [0.717, 1.165) is 0 Å². The van der Waals surface area contributed by atoms with Crippen LogP contribution < -0.4 is 0 Å². The molecule has 2 aromatic heterocycles. The van der Waals surface area contributed by atoms with E-state index >= 15 is 4.39 Å². The number of aliphatic hydroxyl groups is 1. The number of pyridine rings is 1. The lowest BCUT2D eigenvalue weighted by molar-refractivity contribution is 0.172. The van der Waals surface area contributed by atoms with Crippen molar-refractivity contribution >= 4 is 15.5 Å². The van der Waals surface area contributed by atoms with Gasteiger partial charge in [-0.15, -0.1) is 0 Å². The number of hydrogen-bond donors (Lipinski definition) is 2. The highest BCUT2D eigenvalue weighted by molar-refractivity contribution is 7.92. The van der Waals surface area contributed by atoms with Crippen molar-refractivity contribution in [2.75, 3.05) is 0 Å². The van der Waals surface area contributed by atoms with Gasteiger partial charge in [0.1, 0.15) is 17.2 Å². The van der Waals surface area contributed by atoms with Crippen molar-refractivity contribution < 1.29 is 23.0 Å². The third-order valence-corrected chi connectivity index (χ3v) is 8.93. The minimum atomic E-state index is -3.32. The average molecular weight is 465 g/mol. The number of para-hydroxylation sites is 1. The zero-order valence-corrected chi connectivity index (χ0v) is 18.3. The van der Waals surface area contributed by atoms with E-state index in [4.69, 9.17) is 0 Å². The first-order valence-corrected chi connectivity index (χ1v) is 12.4. The number of benzene rings is 2. The van der Waals surface area contributed by atoms with Crippen molar-refractivity contribution in [2.24, 2.45) is 0 Å². The van der Waals surface area contributed by atoms with Crippen LogP contribution in [0.5, 0.6) is 5.75 Å². The monoisotopic (exact) mass is 464 g/mol. The van der Waals surface area contributed by atoms with Gasteiger partial charge in [-0.2, -0.15) is 0 Å². The Balaban J connectivity index is 1.47. The smallest absolute Gasteiger partial charge is 0.181 e. The Labute approximate surface area is 189 Å². The predicted octanol–water partition coefficient (Wildman–Crippen LogP) is 4.35. The van der Waals surface area contributed by atoms with Gasteiger partial charge in [-0.05, 0) is 43.0 Å². The second-order valence-electron chi connectivity index (χ2n) is 8.78. The highest BCUT2D eigenvalue weighted by Gasteiger charge is 2.38. The number of aromatic nitrogens is 2. The Morgan fingerprint density at radius 2 is 1.79 bits per heavy atom. The molecule has 2 aliphatic rings. The molecule has 1 fully saturated rings. The largest absolute Gasteiger partial charge is 0.508 e. The number of aromatic hydroxyl groups is 1. The number of imidazole rings is 1. The molecular weight excluding hydrogens is 443 g/mol. The predicted molar refractivity (Wildman–Crippen MR) is 120 cm³/mol. The van der Waals surface area contributed by atoms with Crippen LogP contribution in [-0.2, 0) is 9.84 Å². The Bertz CT molecular complexity index is 1510. The molecule has 1 saturated carbocycles. The molecule has 0 aliphatic heterocycles. The number of nitrogens with zero attached hydrogens (tertiary/aromatic N) is 2. The lowest BCUT2D eigenvalue weighted by Crippen LogP contribution is -2.06. The quantitative estimate of drug-likeness (QED) is 0.469. The first kappa shape index (κ1) is 20.4.